The van der Waals surface area contributed by atoms with E-state index in [2.05, 4.69) is 32.9 Å². The second kappa shape index (κ2) is 5.13. The fraction of sp³-hybridized carbons (Fsp3) is 0. The lowest BCUT2D eigenvalue weighted by Crippen LogP contribution is -2.13. The van der Waals surface area contributed by atoms with Crippen LogP contribution in [0.5, 0.6) is 0 Å². The van der Waals surface area contributed by atoms with Crippen LogP contribution in [-0.2, 0) is 0 Å². The first kappa shape index (κ1) is 11.8. The molecule has 17 heavy (non-hydrogen) atoms. The highest BCUT2D eigenvalue weighted by Gasteiger charge is 2.08. The molecule has 0 aliphatic carbocycles. The first-order chi connectivity index (χ1) is 8.16. The quantitative estimate of drug-likeness (QED) is 0.827. The summed E-state index contributed by atoms with van der Waals surface area (Å²) >= 11 is 2.17. The minimum atomic E-state index is -0.191. The fourth-order valence-corrected chi connectivity index (χ4v) is 1.87. The third-order valence-corrected chi connectivity index (χ3v) is 3.11. The van der Waals surface area contributed by atoms with Gasteiger partial charge >= 0.3 is 0 Å². The highest BCUT2D eigenvalue weighted by Crippen LogP contribution is 2.18. The lowest BCUT2D eigenvalue weighted by atomic mass is 10.2. The van der Waals surface area contributed by atoms with E-state index in [9.17, 15) is 4.79 Å². The zero-order chi connectivity index (χ0) is 12.3. The van der Waals surface area contributed by atoms with E-state index in [1.807, 2.05) is 24.3 Å². The maximum atomic E-state index is 11.9. The van der Waals surface area contributed by atoms with Crippen LogP contribution in [-0.4, -0.2) is 10.9 Å². The molecule has 1 heterocycles. The van der Waals surface area contributed by atoms with Crippen LogP contribution in [0.4, 0.5) is 11.5 Å². The molecule has 1 aromatic heterocycles. The molecule has 0 saturated carbocycles. The Labute approximate surface area is 112 Å². The van der Waals surface area contributed by atoms with Gasteiger partial charge in [0, 0.05) is 15.3 Å². The van der Waals surface area contributed by atoms with Gasteiger partial charge in [-0.25, -0.2) is 4.98 Å². The number of benzene rings is 1. The standard InChI is InChI=1S/C12H10IN3O/c13-9-3-1-2-4-10(9)16-12(17)8-5-6-15-11(14)7-8/h1-7H,(H2,14,15)(H,16,17). The van der Waals surface area contributed by atoms with Crippen molar-refractivity contribution in [1.29, 1.82) is 0 Å². The molecule has 1 aromatic carbocycles. The summed E-state index contributed by atoms with van der Waals surface area (Å²) in [5, 5.41) is 2.82. The maximum Gasteiger partial charge on any atom is 0.255 e. The number of amides is 1. The third kappa shape index (κ3) is 2.94. The Hall–Kier alpha value is -1.63. The van der Waals surface area contributed by atoms with Gasteiger partial charge in [-0.3, -0.25) is 4.79 Å². The topological polar surface area (TPSA) is 68.0 Å². The van der Waals surface area contributed by atoms with Crippen LogP contribution in [0.15, 0.2) is 42.6 Å². The van der Waals surface area contributed by atoms with Gasteiger partial charge < -0.3 is 11.1 Å². The van der Waals surface area contributed by atoms with E-state index in [1.54, 1.807) is 12.1 Å². The van der Waals surface area contributed by atoms with Gasteiger partial charge in [-0.05, 0) is 46.9 Å². The van der Waals surface area contributed by atoms with Crippen LogP contribution in [0.1, 0.15) is 10.4 Å². The lowest BCUT2D eigenvalue weighted by molar-refractivity contribution is 0.102. The molecule has 0 unspecified atom stereocenters. The second-order valence-corrected chi connectivity index (χ2v) is 4.57. The summed E-state index contributed by atoms with van der Waals surface area (Å²) in [5.41, 5.74) is 6.81. The Morgan fingerprint density at radius 1 is 1.29 bits per heavy atom. The van der Waals surface area contributed by atoms with Gasteiger partial charge in [-0.15, -0.1) is 0 Å². The average Bonchev–Trinajstić information content (AvgIpc) is 2.32. The summed E-state index contributed by atoms with van der Waals surface area (Å²) in [6.07, 6.45) is 1.51. The van der Waals surface area contributed by atoms with E-state index in [4.69, 9.17) is 5.73 Å². The molecular formula is C12H10IN3O. The molecule has 4 nitrogen and oxygen atoms in total. The van der Waals surface area contributed by atoms with E-state index in [-0.39, 0.29) is 5.91 Å². The summed E-state index contributed by atoms with van der Waals surface area (Å²) in [6.45, 7) is 0. The zero-order valence-electron chi connectivity index (χ0n) is 8.85. The molecule has 5 heteroatoms. The predicted octanol–water partition coefficient (Wildman–Crippen LogP) is 2.52. The summed E-state index contributed by atoms with van der Waals surface area (Å²) in [7, 11) is 0. The van der Waals surface area contributed by atoms with Crippen LogP contribution in [0.2, 0.25) is 0 Å². The first-order valence-electron chi connectivity index (χ1n) is 4.94. The Bertz CT molecular complexity index is 557. The lowest BCUT2D eigenvalue weighted by Gasteiger charge is -2.07. The van der Waals surface area contributed by atoms with Crippen molar-refractivity contribution in [2.24, 2.45) is 0 Å². The van der Waals surface area contributed by atoms with Crippen LogP contribution in [0, 0.1) is 3.57 Å². The van der Waals surface area contributed by atoms with Gasteiger partial charge in [0.05, 0.1) is 5.69 Å². The van der Waals surface area contributed by atoms with E-state index in [0.717, 1.165) is 9.26 Å². The van der Waals surface area contributed by atoms with E-state index in [1.165, 1.54) is 6.20 Å². The molecule has 3 N–H and O–H groups in total. The van der Waals surface area contributed by atoms with E-state index in [0.29, 0.717) is 11.4 Å². The Morgan fingerprint density at radius 3 is 2.76 bits per heavy atom. The SMILES string of the molecule is Nc1cc(C(=O)Nc2ccccc2I)ccn1. The minimum absolute atomic E-state index is 0.191. The number of para-hydroxylation sites is 1. The number of hydrogen-bond acceptors (Lipinski definition) is 3. The molecule has 0 bridgehead atoms. The number of anilines is 2. The Morgan fingerprint density at radius 2 is 2.06 bits per heavy atom. The van der Waals surface area contributed by atoms with Crippen molar-refractivity contribution in [3.63, 3.8) is 0 Å². The normalized spacial score (nSPS) is 9.94. The molecule has 86 valence electrons. The number of hydrogen-bond donors (Lipinski definition) is 2. The monoisotopic (exact) mass is 339 g/mol. The molecule has 0 aliphatic rings. The van der Waals surface area contributed by atoms with Gasteiger partial charge in [0.1, 0.15) is 5.82 Å². The molecule has 2 rings (SSSR count). The number of halogens is 1. The molecule has 1 amide bonds. The van der Waals surface area contributed by atoms with Gasteiger partial charge in [-0.2, -0.15) is 0 Å². The van der Waals surface area contributed by atoms with Gasteiger partial charge in [0.25, 0.3) is 5.91 Å². The van der Waals surface area contributed by atoms with Crippen molar-refractivity contribution in [2.45, 2.75) is 0 Å². The van der Waals surface area contributed by atoms with Crippen LogP contribution >= 0.6 is 22.6 Å². The number of nitrogens with one attached hydrogen (secondary N) is 1. The molecule has 0 saturated heterocycles. The third-order valence-electron chi connectivity index (χ3n) is 2.17. The molecule has 0 fully saturated rings. The maximum absolute atomic E-state index is 11.9. The zero-order valence-corrected chi connectivity index (χ0v) is 11.0. The van der Waals surface area contributed by atoms with Gasteiger partial charge in [0.15, 0.2) is 0 Å². The molecule has 2 aromatic rings. The number of nitrogen functional groups attached to an aromatic ring is 1. The second-order valence-electron chi connectivity index (χ2n) is 3.40. The van der Waals surface area contributed by atoms with Crippen molar-refractivity contribution in [3.05, 3.63) is 51.7 Å². The number of rotatable bonds is 2. The summed E-state index contributed by atoms with van der Waals surface area (Å²) < 4.78 is 0.987. The van der Waals surface area contributed by atoms with Crippen molar-refractivity contribution in [1.82, 2.24) is 4.98 Å². The van der Waals surface area contributed by atoms with Crippen LogP contribution < -0.4 is 11.1 Å². The number of carbonyl (C=O) groups is 1. The van der Waals surface area contributed by atoms with Crippen LogP contribution in [0.3, 0.4) is 0 Å². The van der Waals surface area contributed by atoms with E-state index >= 15 is 0 Å². The van der Waals surface area contributed by atoms with Crippen molar-refractivity contribution in [3.8, 4) is 0 Å². The molecular weight excluding hydrogens is 329 g/mol. The number of pyridine rings is 1. The molecule has 0 spiro atoms. The molecule has 0 atom stereocenters. The average molecular weight is 339 g/mol. The number of nitrogens with two attached hydrogens (primary N) is 1. The van der Waals surface area contributed by atoms with Crippen molar-refractivity contribution < 1.29 is 4.79 Å². The summed E-state index contributed by atoms with van der Waals surface area (Å²) in [6, 6.07) is 10.7. The fourth-order valence-electron chi connectivity index (χ4n) is 1.35. The number of nitrogens with zero attached hydrogens (tertiary/aromatic N) is 1. The largest absolute Gasteiger partial charge is 0.384 e. The minimum Gasteiger partial charge on any atom is -0.384 e. The van der Waals surface area contributed by atoms with E-state index < -0.39 is 0 Å². The van der Waals surface area contributed by atoms with Gasteiger partial charge in [0.2, 0.25) is 0 Å². The van der Waals surface area contributed by atoms with Gasteiger partial charge in [-0.1, -0.05) is 12.1 Å². The summed E-state index contributed by atoms with van der Waals surface area (Å²) in [5.74, 6) is 0.142. The highest BCUT2D eigenvalue weighted by atomic mass is 127. The van der Waals surface area contributed by atoms with Crippen molar-refractivity contribution in [2.75, 3.05) is 11.1 Å². The highest BCUT2D eigenvalue weighted by molar-refractivity contribution is 14.1. The Kier molecular flexibility index (Phi) is 3.58. The molecule has 0 aliphatic heterocycles. The number of aromatic nitrogens is 1. The molecule has 0 radical (unpaired) electrons. The number of carbonyl (C=O) groups excluding carboxylic acids is 1. The first-order valence-corrected chi connectivity index (χ1v) is 6.02. The predicted molar refractivity (Wildman–Crippen MR) is 75.8 cm³/mol. The Balaban J connectivity index is 2.20. The van der Waals surface area contributed by atoms with Crippen LogP contribution in [0.25, 0.3) is 0 Å². The van der Waals surface area contributed by atoms with Crippen molar-refractivity contribution >= 4 is 40.0 Å². The summed E-state index contributed by atoms with van der Waals surface area (Å²) in [4.78, 5) is 15.8. The smallest absolute Gasteiger partial charge is 0.255 e.